The Labute approximate surface area is 147 Å². The van der Waals surface area contributed by atoms with Crippen LogP contribution in [0.25, 0.3) is 0 Å². The summed E-state index contributed by atoms with van der Waals surface area (Å²) in [6, 6.07) is 11.0. The summed E-state index contributed by atoms with van der Waals surface area (Å²) in [4.78, 5) is 4.25. The topological polar surface area (TPSA) is 46.5 Å². The molecule has 3 rings (SSSR count). The number of halogens is 2. The van der Waals surface area contributed by atoms with E-state index in [2.05, 4.69) is 15.5 Å². The second-order valence-electron chi connectivity index (χ2n) is 5.27. The maximum Gasteiger partial charge on any atom is 0.203 e. The fourth-order valence-corrected chi connectivity index (χ4v) is 2.70. The van der Waals surface area contributed by atoms with Gasteiger partial charge in [-0.05, 0) is 36.2 Å². The molecule has 0 aliphatic heterocycles. The zero-order valence-electron chi connectivity index (χ0n) is 13.4. The van der Waals surface area contributed by atoms with Crippen LogP contribution in [0.2, 0.25) is 0 Å². The molecule has 1 heterocycles. The third-order valence-electron chi connectivity index (χ3n) is 3.24. The lowest BCUT2D eigenvalue weighted by atomic mass is 10.1. The lowest BCUT2D eigenvalue weighted by Gasteiger charge is -2.07. The molecule has 0 aliphatic carbocycles. The molecular formula is C18H15F2N3OS. The van der Waals surface area contributed by atoms with Crippen molar-refractivity contribution in [3.63, 3.8) is 0 Å². The largest absolute Gasteiger partial charge is 0.489 e. The van der Waals surface area contributed by atoms with E-state index in [0.717, 1.165) is 34.1 Å². The van der Waals surface area contributed by atoms with Crippen LogP contribution in [-0.4, -0.2) is 11.2 Å². The molecule has 0 fully saturated rings. The minimum atomic E-state index is -0.929. The highest BCUT2D eigenvalue weighted by molar-refractivity contribution is 7.13. The number of aromatic nitrogens is 1. The van der Waals surface area contributed by atoms with Gasteiger partial charge >= 0.3 is 0 Å². The minimum Gasteiger partial charge on any atom is -0.489 e. The highest BCUT2D eigenvalue weighted by Gasteiger charge is 2.04. The van der Waals surface area contributed by atoms with Gasteiger partial charge in [-0.3, -0.25) is 5.43 Å². The van der Waals surface area contributed by atoms with Gasteiger partial charge in [0.25, 0.3) is 0 Å². The number of hydrogen-bond donors (Lipinski definition) is 1. The van der Waals surface area contributed by atoms with Crippen LogP contribution in [0, 0.1) is 18.6 Å². The van der Waals surface area contributed by atoms with Crippen molar-refractivity contribution in [3.05, 3.63) is 76.3 Å². The Balaban J connectivity index is 1.59. The van der Waals surface area contributed by atoms with Gasteiger partial charge in [0, 0.05) is 11.4 Å². The number of benzene rings is 2. The van der Waals surface area contributed by atoms with Gasteiger partial charge in [-0.25, -0.2) is 13.8 Å². The number of hydrogen-bond acceptors (Lipinski definition) is 5. The summed E-state index contributed by atoms with van der Waals surface area (Å²) in [5.74, 6) is -1.55. The normalized spacial score (nSPS) is 11.0. The van der Waals surface area contributed by atoms with Crippen molar-refractivity contribution in [2.75, 3.05) is 5.43 Å². The number of hydrazone groups is 1. The van der Waals surface area contributed by atoms with Crippen LogP contribution >= 0.6 is 11.3 Å². The van der Waals surface area contributed by atoms with Gasteiger partial charge in [0.15, 0.2) is 11.6 Å². The maximum atomic E-state index is 13.2. The molecule has 0 unspecified atom stereocenters. The van der Waals surface area contributed by atoms with Gasteiger partial charge in [-0.2, -0.15) is 5.10 Å². The first-order valence-electron chi connectivity index (χ1n) is 7.48. The zero-order chi connectivity index (χ0) is 17.6. The lowest BCUT2D eigenvalue weighted by Crippen LogP contribution is -1.98. The highest BCUT2D eigenvalue weighted by atomic mass is 32.1. The van der Waals surface area contributed by atoms with Crippen LogP contribution in [-0.2, 0) is 6.61 Å². The average molecular weight is 359 g/mol. The molecule has 2 aromatic carbocycles. The minimum absolute atomic E-state index is 0.242. The molecule has 0 amide bonds. The second kappa shape index (κ2) is 7.85. The Morgan fingerprint density at radius 1 is 1.20 bits per heavy atom. The molecule has 0 bridgehead atoms. The fourth-order valence-electron chi connectivity index (χ4n) is 2.06. The smallest absolute Gasteiger partial charge is 0.203 e. The maximum absolute atomic E-state index is 13.2. The summed E-state index contributed by atoms with van der Waals surface area (Å²) in [6.45, 7) is 2.16. The van der Waals surface area contributed by atoms with Gasteiger partial charge in [0.2, 0.25) is 5.13 Å². The van der Waals surface area contributed by atoms with Crippen LogP contribution in [0.4, 0.5) is 13.9 Å². The molecule has 3 aromatic rings. The molecule has 4 nitrogen and oxygen atoms in total. The molecule has 0 spiro atoms. The predicted octanol–water partition coefficient (Wildman–Crippen LogP) is 4.75. The third-order valence-corrected chi connectivity index (χ3v) is 4.11. The van der Waals surface area contributed by atoms with Crippen LogP contribution in [0.5, 0.6) is 5.75 Å². The first-order valence-corrected chi connectivity index (χ1v) is 8.36. The molecule has 0 saturated heterocycles. The van der Waals surface area contributed by atoms with Gasteiger partial charge < -0.3 is 4.74 Å². The van der Waals surface area contributed by atoms with E-state index in [4.69, 9.17) is 4.74 Å². The van der Waals surface area contributed by atoms with Crippen LogP contribution in [0.15, 0.2) is 52.9 Å². The molecule has 128 valence electrons. The highest BCUT2D eigenvalue weighted by Crippen LogP contribution is 2.17. The van der Waals surface area contributed by atoms with Gasteiger partial charge in [-0.1, -0.05) is 18.2 Å². The quantitative estimate of drug-likeness (QED) is 0.510. The van der Waals surface area contributed by atoms with E-state index in [-0.39, 0.29) is 12.4 Å². The van der Waals surface area contributed by atoms with Gasteiger partial charge in [0.1, 0.15) is 12.4 Å². The van der Waals surface area contributed by atoms with Crippen LogP contribution in [0.3, 0.4) is 0 Å². The second-order valence-corrected chi connectivity index (χ2v) is 6.13. The van der Waals surface area contributed by atoms with Crippen LogP contribution < -0.4 is 10.2 Å². The van der Waals surface area contributed by atoms with Crippen molar-refractivity contribution >= 4 is 22.7 Å². The number of thiazole rings is 1. The zero-order valence-corrected chi connectivity index (χ0v) is 14.2. The van der Waals surface area contributed by atoms with E-state index in [1.54, 1.807) is 6.21 Å². The Morgan fingerprint density at radius 2 is 2.08 bits per heavy atom. The SMILES string of the molecule is Cc1csc(NN=Cc2cccc(COc3ccc(F)c(F)c3)c2)n1. The third kappa shape index (κ3) is 4.84. The molecule has 1 aromatic heterocycles. The Kier molecular flexibility index (Phi) is 5.35. The fraction of sp³-hybridized carbons (Fsp3) is 0.111. The first kappa shape index (κ1) is 17.0. The van der Waals surface area contributed by atoms with Gasteiger partial charge in [-0.15, -0.1) is 11.3 Å². The van der Waals surface area contributed by atoms with Crippen molar-refractivity contribution in [1.29, 1.82) is 0 Å². The van der Waals surface area contributed by atoms with E-state index in [1.807, 2.05) is 36.6 Å². The summed E-state index contributed by atoms with van der Waals surface area (Å²) >= 11 is 1.48. The standard InChI is InChI=1S/C18H15F2N3OS/c1-12-11-25-18(22-12)23-21-9-13-3-2-4-14(7-13)10-24-15-5-6-16(19)17(20)8-15/h2-9,11H,10H2,1H3,(H,22,23). The summed E-state index contributed by atoms with van der Waals surface area (Å²) in [7, 11) is 0. The van der Waals surface area contributed by atoms with Gasteiger partial charge in [0.05, 0.1) is 11.9 Å². The molecule has 1 N–H and O–H groups in total. The van der Waals surface area contributed by atoms with E-state index in [1.165, 1.54) is 17.4 Å². The number of anilines is 1. The van der Waals surface area contributed by atoms with Crippen LogP contribution in [0.1, 0.15) is 16.8 Å². The van der Waals surface area contributed by atoms with Crippen molar-refractivity contribution in [3.8, 4) is 5.75 Å². The van der Waals surface area contributed by atoms with Crippen molar-refractivity contribution < 1.29 is 13.5 Å². The Morgan fingerprint density at radius 3 is 2.84 bits per heavy atom. The first-order chi connectivity index (χ1) is 12.1. The predicted molar refractivity (Wildman–Crippen MR) is 95.2 cm³/mol. The number of nitrogens with one attached hydrogen (secondary N) is 1. The van der Waals surface area contributed by atoms with Crippen molar-refractivity contribution in [1.82, 2.24) is 4.98 Å². The Bertz CT molecular complexity index is 896. The number of aryl methyl sites for hydroxylation is 1. The number of nitrogens with zero attached hydrogens (tertiary/aromatic N) is 2. The number of rotatable bonds is 6. The van der Waals surface area contributed by atoms with Crippen molar-refractivity contribution in [2.24, 2.45) is 5.10 Å². The average Bonchev–Trinajstić information content (AvgIpc) is 3.02. The lowest BCUT2D eigenvalue weighted by molar-refractivity contribution is 0.303. The van der Waals surface area contributed by atoms with E-state index in [9.17, 15) is 8.78 Å². The summed E-state index contributed by atoms with van der Waals surface area (Å²) < 4.78 is 31.6. The molecule has 0 aliphatic rings. The molecule has 0 atom stereocenters. The monoisotopic (exact) mass is 359 g/mol. The molecule has 7 heteroatoms. The Hall–Kier alpha value is -2.80. The van der Waals surface area contributed by atoms with E-state index in [0.29, 0.717) is 0 Å². The van der Waals surface area contributed by atoms with E-state index < -0.39 is 11.6 Å². The summed E-state index contributed by atoms with van der Waals surface area (Å²) in [5.41, 5.74) is 5.58. The molecule has 0 radical (unpaired) electrons. The summed E-state index contributed by atoms with van der Waals surface area (Å²) in [5, 5.41) is 6.81. The molecular weight excluding hydrogens is 344 g/mol. The summed E-state index contributed by atoms with van der Waals surface area (Å²) in [6.07, 6.45) is 1.68. The molecule has 0 saturated carbocycles. The molecule has 25 heavy (non-hydrogen) atoms. The van der Waals surface area contributed by atoms with E-state index >= 15 is 0 Å². The van der Waals surface area contributed by atoms with Crippen molar-refractivity contribution in [2.45, 2.75) is 13.5 Å². The number of ether oxygens (including phenoxy) is 1.